The van der Waals surface area contributed by atoms with Crippen molar-refractivity contribution in [2.45, 2.75) is 56.4 Å². The van der Waals surface area contributed by atoms with Gasteiger partial charge in [0.1, 0.15) is 5.54 Å². The summed E-state index contributed by atoms with van der Waals surface area (Å²) >= 11 is 0. The summed E-state index contributed by atoms with van der Waals surface area (Å²) < 4.78 is 1.80. The van der Waals surface area contributed by atoms with Crippen LogP contribution in [-0.4, -0.2) is 39.0 Å². The molecular formula is C18H27ClN6O. The molecule has 8 heteroatoms. The van der Waals surface area contributed by atoms with Crippen molar-refractivity contribution in [2.24, 2.45) is 0 Å². The molecule has 1 aliphatic carbocycles. The van der Waals surface area contributed by atoms with Crippen LogP contribution in [-0.2, 0) is 10.3 Å². The number of carbonyl (C=O) groups is 1. The third-order valence-electron chi connectivity index (χ3n) is 5.68. The van der Waals surface area contributed by atoms with Gasteiger partial charge in [0, 0.05) is 30.1 Å². The SMILES string of the molecule is Cl.O=C(Nc1cc(C2CCCCC2)[nH]n1)C1(n2cccn2)CCNCC1. The quantitative estimate of drug-likeness (QED) is 0.763. The average Bonchev–Trinajstić information content (AvgIpc) is 3.35. The zero-order chi connectivity index (χ0) is 17.1. The van der Waals surface area contributed by atoms with Gasteiger partial charge in [-0.2, -0.15) is 10.2 Å². The van der Waals surface area contributed by atoms with Gasteiger partial charge in [-0.15, -0.1) is 12.4 Å². The molecule has 1 saturated heterocycles. The molecule has 0 spiro atoms. The fourth-order valence-electron chi connectivity index (χ4n) is 4.18. The second-order valence-corrected chi connectivity index (χ2v) is 7.23. The lowest BCUT2D eigenvalue weighted by atomic mass is 9.87. The first kappa shape index (κ1) is 18.9. The fraction of sp³-hybridized carbons (Fsp3) is 0.611. The second-order valence-electron chi connectivity index (χ2n) is 7.23. The van der Waals surface area contributed by atoms with Crippen LogP contribution in [0.3, 0.4) is 0 Å². The Bertz CT molecular complexity index is 701. The minimum atomic E-state index is -0.640. The van der Waals surface area contributed by atoms with E-state index in [0.717, 1.165) is 31.6 Å². The van der Waals surface area contributed by atoms with Gasteiger partial charge in [0.05, 0.1) is 0 Å². The predicted octanol–water partition coefficient (Wildman–Crippen LogP) is 2.79. The highest BCUT2D eigenvalue weighted by Gasteiger charge is 2.42. The number of hydrogen-bond donors (Lipinski definition) is 3. The molecule has 1 saturated carbocycles. The van der Waals surface area contributed by atoms with Crippen LogP contribution >= 0.6 is 12.4 Å². The third-order valence-corrected chi connectivity index (χ3v) is 5.68. The van der Waals surface area contributed by atoms with Crippen molar-refractivity contribution in [2.75, 3.05) is 18.4 Å². The Kier molecular flexibility index (Phi) is 5.98. The lowest BCUT2D eigenvalue weighted by molar-refractivity contribution is -0.126. The van der Waals surface area contributed by atoms with Gasteiger partial charge in [-0.05, 0) is 44.8 Å². The molecule has 2 aromatic heterocycles. The van der Waals surface area contributed by atoms with Crippen LogP contribution in [0, 0.1) is 0 Å². The van der Waals surface area contributed by atoms with E-state index in [1.165, 1.54) is 32.1 Å². The van der Waals surface area contributed by atoms with E-state index in [9.17, 15) is 4.79 Å². The molecule has 7 nitrogen and oxygen atoms in total. The molecule has 0 radical (unpaired) electrons. The van der Waals surface area contributed by atoms with Crippen LogP contribution in [0.1, 0.15) is 56.6 Å². The maximum atomic E-state index is 13.1. The number of H-pyrrole nitrogens is 1. The predicted molar refractivity (Wildman–Crippen MR) is 103 cm³/mol. The fourth-order valence-corrected chi connectivity index (χ4v) is 4.18. The lowest BCUT2D eigenvalue weighted by Crippen LogP contribution is -2.52. The monoisotopic (exact) mass is 378 g/mol. The van der Waals surface area contributed by atoms with E-state index >= 15 is 0 Å². The maximum Gasteiger partial charge on any atom is 0.253 e. The molecule has 0 aromatic carbocycles. The van der Waals surface area contributed by atoms with Gasteiger partial charge in [0.15, 0.2) is 5.82 Å². The zero-order valence-electron chi connectivity index (χ0n) is 14.9. The van der Waals surface area contributed by atoms with Crippen molar-refractivity contribution < 1.29 is 4.79 Å². The number of rotatable bonds is 4. The normalized spacial score (nSPS) is 20.3. The molecule has 2 aliphatic rings. The molecule has 142 valence electrons. The Morgan fingerprint density at radius 2 is 2.00 bits per heavy atom. The Balaban J connectivity index is 0.00000196. The topological polar surface area (TPSA) is 87.6 Å². The molecule has 4 rings (SSSR count). The summed E-state index contributed by atoms with van der Waals surface area (Å²) in [6, 6.07) is 3.87. The summed E-state index contributed by atoms with van der Waals surface area (Å²) in [5.74, 6) is 1.14. The largest absolute Gasteiger partial charge is 0.317 e. The van der Waals surface area contributed by atoms with E-state index in [0.29, 0.717) is 11.7 Å². The number of halogens is 1. The highest BCUT2D eigenvalue weighted by Crippen LogP contribution is 2.33. The first-order valence-corrected chi connectivity index (χ1v) is 9.35. The van der Waals surface area contributed by atoms with Gasteiger partial charge in [-0.1, -0.05) is 19.3 Å². The molecule has 3 N–H and O–H groups in total. The molecule has 2 aromatic rings. The van der Waals surface area contributed by atoms with Crippen molar-refractivity contribution in [1.29, 1.82) is 0 Å². The van der Waals surface area contributed by atoms with Gasteiger partial charge in [0.2, 0.25) is 0 Å². The molecule has 0 bridgehead atoms. The van der Waals surface area contributed by atoms with Gasteiger partial charge < -0.3 is 10.6 Å². The Hall–Kier alpha value is -1.86. The standard InChI is InChI=1S/C18H26N6O.ClH/c25-17(18(7-10-19-11-8-18)24-12-4-9-20-24)21-16-13-15(22-23-16)14-5-2-1-3-6-14;/h4,9,12-14,19H,1-3,5-8,10-11H2,(H2,21,22,23,25);1H. The second kappa shape index (κ2) is 8.22. The molecule has 1 aliphatic heterocycles. The number of nitrogens with one attached hydrogen (secondary N) is 3. The molecule has 26 heavy (non-hydrogen) atoms. The molecule has 0 unspecified atom stereocenters. The smallest absolute Gasteiger partial charge is 0.253 e. The summed E-state index contributed by atoms with van der Waals surface area (Å²) in [6.45, 7) is 1.61. The van der Waals surface area contributed by atoms with Crippen molar-refractivity contribution in [3.05, 3.63) is 30.2 Å². The van der Waals surface area contributed by atoms with E-state index in [4.69, 9.17) is 0 Å². The van der Waals surface area contributed by atoms with Crippen molar-refractivity contribution in [3.8, 4) is 0 Å². The molecule has 0 atom stereocenters. The van der Waals surface area contributed by atoms with Crippen LogP contribution in [0.15, 0.2) is 24.5 Å². The van der Waals surface area contributed by atoms with Crippen LogP contribution in [0.4, 0.5) is 5.82 Å². The number of aromatic amines is 1. The first-order chi connectivity index (χ1) is 12.3. The highest BCUT2D eigenvalue weighted by molar-refractivity contribution is 5.96. The van der Waals surface area contributed by atoms with Crippen LogP contribution in [0.2, 0.25) is 0 Å². The number of piperidine rings is 1. The number of anilines is 1. The van der Waals surface area contributed by atoms with Gasteiger partial charge in [-0.3, -0.25) is 14.6 Å². The maximum absolute atomic E-state index is 13.1. The lowest BCUT2D eigenvalue weighted by Gasteiger charge is -2.36. The summed E-state index contributed by atoms with van der Waals surface area (Å²) in [4.78, 5) is 13.1. The van der Waals surface area contributed by atoms with Crippen molar-refractivity contribution >= 4 is 24.1 Å². The molecular weight excluding hydrogens is 352 g/mol. The average molecular weight is 379 g/mol. The third kappa shape index (κ3) is 3.64. The minimum Gasteiger partial charge on any atom is -0.317 e. The Morgan fingerprint density at radius 1 is 1.23 bits per heavy atom. The number of aromatic nitrogens is 4. The highest BCUT2D eigenvalue weighted by atomic mass is 35.5. The molecule has 1 amide bonds. The molecule has 3 heterocycles. The number of carbonyl (C=O) groups excluding carboxylic acids is 1. The Morgan fingerprint density at radius 3 is 2.69 bits per heavy atom. The first-order valence-electron chi connectivity index (χ1n) is 9.35. The van der Waals surface area contributed by atoms with E-state index < -0.39 is 5.54 Å². The van der Waals surface area contributed by atoms with E-state index in [1.807, 2.05) is 18.3 Å². The Labute approximate surface area is 159 Å². The van der Waals surface area contributed by atoms with Crippen LogP contribution < -0.4 is 10.6 Å². The summed E-state index contributed by atoms with van der Waals surface area (Å²) in [5.41, 5.74) is 0.507. The van der Waals surface area contributed by atoms with E-state index in [-0.39, 0.29) is 18.3 Å². The molecule has 2 fully saturated rings. The zero-order valence-corrected chi connectivity index (χ0v) is 15.7. The van der Waals surface area contributed by atoms with E-state index in [2.05, 4.69) is 25.9 Å². The summed E-state index contributed by atoms with van der Waals surface area (Å²) in [5, 5.41) is 18.2. The minimum absolute atomic E-state index is 0. The van der Waals surface area contributed by atoms with Crippen LogP contribution in [0.25, 0.3) is 0 Å². The number of hydrogen-bond acceptors (Lipinski definition) is 4. The van der Waals surface area contributed by atoms with Gasteiger partial charge in [-0.25, -0.2) is 0 Å². The number of amides is 1. The number of nitrogens with zero attached hydrogens (tertiary/aromatic N) is 3. The van der Waals surface area contributed by atoms with Crippen molar-refractivity contribution in [3.63, 3.8) is 0 Å². The van der Waals surface area contributed by atoms with Crippen LogP contribution in [0.5, 0.6) is 0 Å². The summed E-state index contributed by atoms with van der Waals surface area (Å²) in [7, 11) is 0. The van der Waals surface area contributed by atoms with Gasteiger partial charge >= 0.3 is 0 Å². The summed E-state index contributed by atoms with van der Waals surface area (Å²) in [6.07, 6.45) is 11.4. The van der Waals surface area contributed by atoms with Gasteiger partial charge in [0.25, 0.3) is 5.91 Å². The van der Waals surface area contributed by atoms with Crippen molar-refractivity contribution in [1.82, 2.24) is 25.3 Å². The van der Waals surface area contributed by atoms with E-state index in [1.54, 1.807) is 10.9 Å².